The molecular formula is C25H30N6S. The molecule has 6 rings (SSSR count). The second kappa shape index (κ2) is 8.87. The fourth-order valence-electron chi connectivity index (χ4n) is 4.55. The van der Waals surface area contributed by atoms with Gasteiger partial charge in [-0.3, -0.25) is 9.97 Å². The van der Waals surface area contributed by atoms with Gasteiger partial charge in [0.15, 0.2) is 0 Å². The van der Waals surface area contributed by atoms with Gasteiger partial charge in [0.2, 0.25) is 0 Å². The summed E-state index contributed by atoms with van der Waals surface area (Å²) < 4.78 is 0. The highest BCUT2D eigenvalue weighted by Gasteiger charge is 2.26. The van der Waals surface area contributed by atoms with E-state index in [0.717, 1.165) is 46.7 Å². The van der Waals surface area contributed by atoms with E-state index in [4.69, 9.17) is 4.98 Å². The van der Waals surface area contributed by atoms with Crippen molar-refractivity contribution in [3.63, 3.8) is 0 Å². The third-order valence-corrected chi connectivity index (χ3v) is 7.81. The van der Waals surface area contributed by atoms with Gasteiger partial charge in [-0.15, -0.1) is 10.2 Å². The molecule has 1 saturated heterocycles. The van der Waals surface area contributed by atoms with Crippen LogP contribution < -0.4 is 10.2 Å². The summed E-state index contributed by atoms with van der Waals surface area (Å²) in [6.45, 7) is 3.40. The van der Waals surface area contributed by atoms with Crippen LogP contribution in [0.2, 0.25) is 0 Å². The standard InChI is InChI=1S/C25H30N6S/c1-2-22(27-12-17-3-4-17)16-31(9-1)23-8-7-21(28-15-23)11-24-29-30-25(32-24)20-10-19(13-26-14-20)18-5-6-18/h7-8,10,13-15,17-18,22,27H,1-6,9,11-12,16H2. The van der Waals surface area contributed by atoms with E-state index in [1.165, 1.54) is 56.3 Å². The molecule has 1 unspecified atom stereocenters. The molecule has 6 nitrogen and oxygen atoms in total. The van der Waals surface area contributed by atoms with Crippen LogP contribution in [0.4, 0.5) is 5.69 Å². The summed E-state index contributed by atoms with van der Waals surface area (Å²) in [5.74, 6) is 1.63. The molecule has 4 heterocycles. The van der Waals surface area contributed by atoms with Crippen molar-refractivity contribution < 1.29 is 0 Å². The third kappa shape index (κ3) is 4.84. The van der Waals surface area contributed by atoms with Crippen molar-refractivity contribution >= 4 is 17.0 Å². The van der Waals surface area contributed by atoms with Crippen molar-refractivity contribution in [3.8, 4) is 10.6 Å². The van der Waals surface area contributed by atoms with Gasteiger partial charge in [0.1, 0.15) is 10.0 Å². The van der Waals surface area contributed by atoms with Crippen molar-refractivity contribution in [2.75, 3.05) is 24.5 Å². The minimum Gasteiger partial charge on any atom is -0.369 e. The van der Waals surface area contributed by atoms with Crippen LogP contribution in [0.5, 0.6) is 0 Å². The second-order valence-corrected chi connectivity index (χ2v) is 10.7. The molecule has 166 valence electrons. The van der Waals surface area contributed by atoms with Crippen LogP contribution in [-0.4, -0.2) is 45.8 Å². The zero-order valence-electron chi connectivity index (χ0n) is 18.4. The van der Waals surface area contributed by atoms with Gasteiger partial charge in [-0.1, -0.05) is 11.3 Å². The fourth-order valence-corrected chi connectivity index (χ4v) is 5.39. The van der Waals surface area contributed by atoms with Crippen LogP contribution in [-0.2, 0) is 6.42 Å². The van der Waals surface area contributed by atoms with Gasteiger partial charge in [0.05, 0.1) is 11.9 Å². The molecule has 7 heteroatoms. The van der Waals surface area contributed by atoms with Crippen molar-refractivity contribution in [1.82, 2.24) is 25.5 Å². The summed E-state index contributed by atoms with van der Waals surface area (Å²) in [5, 5.41) is 14.6. The molecule has 1 N–H and O–H groups in total. The molecule has 32 heavy (non-hydrogen) atoms. The number of piperidine rings is 1. The van der Waals surface area contributed by atoms with Gasteiger partial charge in [0.25, 0.3) is 0 Å². The SMILES string of the molecule is c1ncc(C2CC2)cc1-c1nnc(Cc2ccc(N3CCCC(NCC4CC4)C3)cn2)s1. The average molecular weight is 447 g/mol. The van der Waals surface area contributed by atoms with E-state index >= 15 is 0 Å². The maximum absolute atomic E-state index is 4.75. The van der Waals surface area contributed by atoms with Crippen molar-refractivity contribution in [2.45, 2.75) is 56.9 Å². The molecule has 3 aliphatic rings. The van der Waals surface area contributed by atoms with Gasteiger partial charge in [0, 0.05) is 49.2 Å². The Morgan fingerprint density at radius 3 is 2.78 bits per heavy atom. The Bertz CT molecular complexity index is 1060. The van der Waals surface area contributed by atoms with E-state index in [1.807, 2.05) is 18.6 Å². The lowest BCUT2D eigenvalue weighted by Gasteiger charge is -2.34. The highest BCUT2D eigenvalue weighted by molar-refractivity contribution is 7.14. The molecular weight excluding hydrogens is 416 g/mol. The summed E-state index contributed by atoms with van der Waals surface area (Å²) in [4.78, 5) is 11.6. The molecule has 1 aliphatic heterocycles. The number of hydrogen-bond donors (Lipinski definition) is 1. The van der Waals surface area contributed by atoms with Gasteiger partial charge < -0.3 is 10.2 Å². The minimum atomic E-state index is 0.608. The molecule has 3 aromatic heterocycles. The molecule has 1 atom stereocenters. The number of rotatable bonds is 8. The van der Waals surface area contributed by atoms with E-state index in [1.54, 1.807) is 11.3 Å². The summed E-state index contributed by atoms with van der Waals surface area (Å²) in [6, 6.07) is 7.20. The maximum atomic E-state index is 4.75. The highest BCUT2D eigenvalue weighted by Crippen LogP contribution is 2.41. The largest absolute Gasteiger partial charge is 0.369 e. The molecule has 0 aromatic carbocycles. The monoisotopic (exact) mass is 446 g/mol. The molecule has 3 aromatic rings. The first kappa shape index (κ1) is 20.2. The van der Waals surface area contributed by atoms with E-state index in [2.05, 4.69) is 43.6 Å². The van der Waals surface area contributed by atoms with Crippen molar-refractivity contribution in [2.24, 2.45) is 5.92 Å². The Labute approximate surface area is 193 Å². The van der Waals surface area contributed by atoms with E-state index in [9.17, 15) is 0 Å². The number of hydrogen-bond acceptors (Lipinski definition) is 7. The number of anilines is 1. The van der Waals surface area contributed by atoms with E-state index < -0.39 is 0 Å². The summed E-state index contributed by atoms with van der Waals surface area (Å²) in [7, 11) is 0. The van der Waals surface area contributed by atoms with Crippen LogP contribution in [0.25, 0.3) is 10.6 Å². The smallest absolute Gasteiger partial charge is 0.149 e. The van der Waals surface area contributed by atoms with Crippen LogP contribution in [0.1, 0.15) is 60.7 Å². The quantitative estimate of drug-likeness (QED) is 0.552. The molecule has 0 amide bonds. The Kier molecular flexibility index (Phi) is 5.61. The van der Waals surface area contributed by atoms with Crippen LogP contribution >= 0.6 is 11.3 Å². The predicted molar refractivity (Wildman–Crippen MR) is 128 cm³/mol. The van der Waals surface area contributed by atoms with Gasteiger partial charge in [-0.25, -0.2) is 0 Å². The van der Waals surface area contributed by atoms with E-state index in [0.29, 0.717) is 12.0 Å². The Morgan fingerprint density at radius 1 is 1.03 bits per heavy atom. The van der Waals surface area contributed by atoms with E-state index in [-0.39, 0.29) is 0 Å². The first-order valence-corrected chi connectivity index (χ1v) is 12.8. The predicted octanol–water partition coefficient (Wildman–Crippen LogP) is 4.43. The van der Waals surface area contributed by atoms with Crippen molar-refractivity contribution in [3.05, 3.63) is 53.1 Å². The molecule has 2 saturated carbocycles. The van der Waals surface area contributed by atoms with Gasteiger partial charge >= 0.3 is 0 Å². The lowest BCUT2D eigenvalue weighted by Crippen LogP contribution is -2.46. The number of nitrogens with zero attached hydrogens (tertiary/aromatic N) is 5. The third-order valence-electron chi connectivity index (χ3n) is 6.84. The molecule has 0 radical (unpaired) electrons. The lowest BCUT2D eigenvalue weighted by atomic mass is 10.0. The summed E-state index contributed by atoms with van der Waals surface area (Å²) in [6.07, 6.45) is 14.6. The Hall–Kier alpha value is -2.38. The lowest BCUT2D eigenvalue weighted by molar-refractivity contribution is 0.416. The normalized spacial score (nSPS) is 21.1. The zero-order valence-corrected chi connectivity index (χ0v) is 19.2. The highest BCUT2D eigenvalue weighted by atomic mass is 32.1. The summed E-state index contributed by atoms with van der Waals surface area (Å²) in [5.41, 5.74) is 4.69. The van der Waals surface area contributed by atoms with Crippen LogP contribution in [0.3, 0.4) is 0 Å². The van der Waals surface area contributed by atoms with Crippen molar-refractivity contribution in [1.29, 1.82) is 0 Å². The first-order valence-electron chi connectivity index (χ1n) is 12.0. The van der Waals surface area contributed by atoms with Gasteiger partial charge in [-0.05, 0) is 80.7 Å². The average Bonchev–Trinajstić information content (AvgIpc) is 3.77. The maximum Gasteiger partial charge on any atom is 0.149 e. The number of nitrogens with one attached hydrogen (secondary N) is 1. The van der Waals surface area contributed by atoms with Crippen LogP contribution in [0.15, 0.2) is 36.8 Å². The molecule has 0 bridgehead atoms. The number of pyridine rings is 2. The fraction of sp³-hybridized carbons (Fsp3) is 0.520. The zero-order chi connectivity index (χ0) is 21.3. The number of aromatic nitrogens is 4. The second-order valence-electron chi connectivity index (χ2n) is 9.60. The topological polar surface area (TPSA) is 66.8 Å². The summed E-state index contributed by atoms with van der Waals surface area (Å²) >= 11 is 1.65. The Morgan fingerprint density at radius 2 is 1.97 bits per heavy atom. The molecule has 3 fully saturated rings. The molecule has 2 aliphatic carbocycles. The van der Waals surface area contributed by atoms with Crippen LogP contribution in [0, 0.1) is 5.92 Å². The molecule has 0 spiro atoms. The Balaban J connectivity index is 1.08. The first-order chi connectivity index (χ1) is 15.8. The minimum absolute atomic E-state index is 0.608. The van der Waals surface area contributed by atoms with Gasteiger partial charge in [-0.2, -0.15) is 0 Å².